The Hall–Kier alpha value is -2.75. The molecule has 0 fully saturated rings. The number of anilines is 1. The van der Waals surface area contributed by atoms with Crippen molar-refractivity contribution in [1.82, 2.24) is 0 Å². The number of carbonyl (C=O) groups is 2. The van der Waals surface area contributed by atoms with Gasteiger partial charge in [-0.1, -0.05) is 18.2 Å². The summed E-state index contributed by atoms with van der Waals surface area (Å²) in [7, 11) is 0. The molecular weight excluding hydrogens is 269 g/mol. The predicted molar refractivity (Wildman–Crippen MR) is 80.5 cm³/mol. The van der Waals surface area contributed by atoms with E-state index in [2.05, 4.69) is 5.32 Å². The van der Waals surface area contributed by atoms with E-state index in [1.807, 2.05) is 0 Å². The van der Waals surface area contributed by atoms with Gasteiger partial charge in [0.1, 0.15) is 5.82 Å². The lowest BCUT2D eigenvalue weighted by molar-refractivity contribution is -0.114. The summed E-state index contributed by atoms with van der Waals surface area (Å²) in [5.41, 5.74) is 1.96. The molecule has 106 valence electrons. The standard InChI is InChI=1S/C17H14FNO2/c1-12(20)19-16-9-2-13(3-10-16)4-11-17(21)14-5-7-15(18)8-6-14/h2-11H,1H3,(H,19,20)/b11-4+. The molecule has 0 radical (unpaired) electrons. The van der Waals surface area contributed by atoms with Crippen molar-refractivity contribution in [2.45, 2.75) is 6.92 Å². The van der Waals surface area contributed by atoms with Gasteiger partial charge in [0, 0.05) is 18.2 Å². The van der Waals surface area contributed by atoms with Gasteiger partial charge in [-0.15, -0.1) is 0 Å². The lowest BCUT2D eigenvalue weighted by Gasteiger charge is -2.01. The Morgan fingerprint density at radius 2 is 1.62 bits per heavy atom. The van der Waals surface area contributed by atoms with Crippen LogP contribution in [0.25, 0.3) is 6.08 Å². The molecule has 3 nitrogen and oxygen atoms in total. The van der Waals surface area contributed by atoms with Crippen molar-refractivity contribution in [2.24, 2.45) is 0 Å². The molecule has 0 heterocycles. The van der Waals surface area contributed by atoms with Gasteiger partial charge in [0.05, 0.1) is 0 Å². The van der Waals surface area contributed by atoms with Crippen LogP contribution in [0.15, 0.2) is 54.6 Å². The maximum absolute atomic E-state index is 12.8. The smallest absolute Gasteiger partial charge is 0.221 e. The molecule has 0 saturated carbocycles. The molecular formula is C17H14FNO2. The van der Waals surface area contributed by atoms with Crippen LogP contribution in [0.1, 0.15) is 22.8 Å². The second-order valence-corrected chi connectivity index (χ2v) is 4.51. The Balaban J connectivity index is 2.05. The third-order valence-electron chi connectivity index (χ3n) is 2.79. The summed E-state index contributed by atoms with van der Waals surface area (Å²) in [5, 5.41) is 2.66. The molecule has 0 saturated heterocycles. The van der Waals surface area contributed by atoms with Gasteiger partial charge in [0.15, 0.2) is 5.78 Å². The fourth-order valence-electron chi connectivity index (χ4n) is 1.76. The number of hydrogen-bond donors (Lipinski definition) is 1. The number of amides is 1. The Morgan fingerprint density at radius 3 is 2.19 bits per heavy atom. The molecule has 0 spiro atoms. The number of halogens is 1. The molecule has 0 aliphatic heterocycles. The van der Waals surface area contributed by atoms with Gasteiger partial charge in [0.25, 0.3) is 0 Å². The molecule has 0 bridgehead atoms. The van der Waals surface area contributed by atoms with Crippen LogP contribution in [0, 0.1) is 5.82 Å². The molecule has 0 unspecified atom stereocenters. The number of benzene rings is 2. The van der Waals surface area contributed by atoms with Crippen LogP contribution in [0.4, 0.5) is 10.1 Å². The molecule has 2 rings (SSSR count). The minimum Gasteiger partial charge on any atom is -0.326 e. The lowest BCUT2D eigenvalue weighted by atomic mass is 10.1. The van der Waals surface area contributed by atoms with Crippen molar-refractivity contribution >= 4 is 23.5 Å². The van der Waals surface area contributed by atoms with E-state index in [0.29, 0.717) is 11.3 Å². The molecule has 4 heteroatoms. The topological polar surface area (TPSA) is 46.2 Å². The van der Waals surface area contributed by atoms with Crippen molar-refractivity contribution < 1.29 is 14.0 Å². The molecule has 0 atom stereocenters. The van der Waals surface area contributed by atoms with Crippen LogP contribution in [-0.2, 0) is 4.79 Å². The van der Waals surface area contributed by atoms with Crippen LogP contribution in [-0.4, -0.2) is 11.7 Å². The molecule has 21 heavy (non-hydrogen) atoms. The maximum Gasteiger partial charge on any atom is 0.221 e. The molecule has 0 aliphatic carbocycles. The zero-order valence-electron chi connectivity index (χ0n) is 11.5. The van der Waals surface area contributed by atoms with E-state index < -0.39 is 0 Å². The molecule has 0 aromatic heterocycles. The van der Waals surface area contributed by atoms with E-state index in [9.17, 15) is 14.0 Å². The number of hydrogen-bond acceptors (Lipinski definition) is 2. The second-order valence-electron chi connectivity index (χ2n) is 4.51. The van der Waals surface area contributed by atoms with Gasteiger partial charge in [-0.2, -0.15) is 0 Å². The third kappa shape index (κ3) is 4.38. The first-order chi connectivity index (χ1) is 10.0. The molecule has 2 aromatic carbocycles. The monoisotopic (exact) mass is 283 g/mol. The van der Waals surface area contributed by atoms with E-state index >= 15 is 0 Å². The van der Waals surface area contributed by atoms with Crippen molar-refractivity contribution in [1.29, 1.82) is 0 Å². The summed E-state index contributed by atoms with van der Waals surface area (Å²) < 4.78 is 12.8. The lowest BCUT2D eigenvalue weighted by Crippen LogP contribution is -2.05. The number of rotatable bonds is 4. The Bertz CT molecular complexity index is 673. The summed E-state index contributed by atoms with van der Waals surface area (Å²) >= 11 is 0. The minimum atomic E-state index is -0.371. The summed E-state index contributed by atoms with van der Waals surface area (Å²) in [6.45, 7) is 1.44. The average molecular weight is 283 g/mol. The van der Waals surface area contributed by atoms with Crippen molar-refractivity contribution in [2.75, 3.05) is 5.32 Å². The highest BCUT2D eigenvalue weighted by Crippen LogP contribution is 2.12. The third-order valence-corrected chi connectivity index (χ3v) is 2.79. The van der Waals surface area contributed by atoms with E-state index in [-0.39, 0.29) is 17.5 Å². The van der Waals surface area contributed by atoms with Gasteiger partial charge in [-0.3, -0.25) is 9.59 Å². The first kappa shape index (κ1) is 14.7. The average Bonchev–Trinajstić information content (AvgIpc) is 2.46. The zero-order valence-corrected chi connectivity index (χ0v) is 11.5. The van der Waals surface area contributed by atoms with Crippen molar-refractivity contribution in [3.63, 3.8) is 0 Å². The fourth-order valence-corrected chi connectivity index (χ4v) is 1.76. The van der Waals surface area contributed by atoms with E-state index in [4.69, 9.17) is 0 Å². The minimum absolute atomic E-state index is 0.134. The summed E-state index contributed by atoms with van der Waals surface area (Å²) in [6.07, 6.45) is 3.10. The second kappa shape index (κ2) is 6.61. The first-order valence-corrected chi connectivity index (χ1v) is 6.40. The highest BCUT2D eigenvalue weighted by atomic mass is 19.1. The van der Waals surface area contributed by atoms with Crippen LogP contribution in [0.2, 0.25) is 0 Å². The molecule has 1 amide bonds. The number of ketones is 1. The molecule has 1 N–H and O–H groups in total. The SMILES string of the molecule is CC(=O)Nc1ccc(/C=C/C(=O)c2ccc(F)cc2)cc1. The highest BCUT2D eigenvalue weighted by Gasteiger charge is 2.01. The number of carbonyl (C=O) groups excluding carboxylic acids is 2. The Morgan fingerprint density at radius 1 is 1.00 bits per heavy atom. The van der Waals surface area contributed by atoms with Gasteiger partial charge in [0.2, 0.25) is 5.91 Å². The normalized spacial score (nSPS) is 10.6. The highest BCUT2D eigenvalue weighted by molar-refractivity contribution is 6.06. The van der Waals surface area contributed by atoms with Gasteiger partial charge >= 0.3 is 0 Å². The van der Waals surface area contributed by atoms with Gasteiger partial charge in [-0.25, -0.2) is 4.39 Å². The van der Waals surface area contributed by atoms with Crippen molar-refractivity contribution in [3.05, 3.63) is 71.6 Å². The molecule has 2 aromatic rings. The predicted octanol–water partition coefficient (Wildman–Crippen LogP) is 3.68. The molecule has 0 aliphatic rings. The summed E-state index contributed by atoms with van der Waals surface area (Å²) in [4.78, 5) is 22.8. The summed E-state index contributed by atoms with van der Waals surface area (Å²) in [5.74, 6) is -0.699. The Kier molecular flexibility index (Phi) is 4.61. The quantitative estimate of drug-likeness (QED) is 0.687. The van der Waals surface area contributed by atoms with E-state index in [1.165, 1.54) is 37.3 Å². The van der Waals surface area contributed by atoms with Gasteiger partial charge in [-0.05, 0) is 48.0 Å². The van der Waals surface area contributed by atoms with Crippen LogP contribution in [0.5, 0.6) is 0 Å². The number of allylic oxidation sites excluding steroid dienone is 1. The fraction of sp³-hybridized carbons (Fsp3) is 0.0588. The van der Waals surface area contributed by atoms with Crippen LogP contribution >= 0.6 is 0 Å². The maximum atomic E-state index is 12.8. The van der Waals surface area contributed by atoms with Gasteiger partial charge < -0.3 is 5.32 Å². The zero-order chi connectivity index (χ0) is 15.2. The largest absolute Gasteiger partial charge is 0.326 e. The number of nitrogens with one attached hydrogen (secondary N) is 1. The summed E-state index contributed by atoms with van der Waals surface area (Å²) in [6, 6.07) is 12.5. The van der Waals surface area contributed by atoms with Crippen molar-refractivity contribution in [3.8, 4) is 0 Å². The van der Waals surface area contributed by atoms with E-state index in [0.717, 1.165) is 5.56 Å². The first-order valence-electron chi connectivity index (χ1n) is 6.40. The Labute approximate surface area is 122 Å². The van der Waals surface area contributed by atoms with Crippen LogP contribution in [0.3, 0.4) is 0 Å². The van der Waals surface area contributed by atoms with E-state index in [1.54, 1.807) is 30.3 Å². The van der Waals surface area contributed by atoms with Crippen LogP contribution < -0.4 is 5.32 Å².